The minimum Gasteiger partial charge on any atom is -0.389 e. The second-order valence-corrected chi connectivity index (χ2v) is 4.10. The van der Waals surface area contributed by atoms with Crippen LogP contribution in [0.2, 0.25) is 0 Å². The van der Waals surface area contributed by atoms with Crippen molar-refractivity contribution in [2.24, 2.45) is 0 Å². The molecular formula is C11H14BrNO. The van der Waals surface area contributed by atoms with Crippen LogP contribution in [0.15, 0.2) is 34.0 Å². The van der Waals surface area contributed by atoms with Gasteiger partial charge in [0.2, 0.25) is 0 Å². The first-order valence-electron chi connectivity index (χ1n) is 4.65. The van der Waals surface area contributed by atoms with E-state index in [2.05, 4.69) is 21.2 Å². The predicted octanol–water partition coefficient (Wildman–Crippen LogP) is 2.68. The Balaban J connectivity index is 2.89. The molecule has 0 fully saturated rings. The van der Waals surface area contributed by atoms with Crippen LogP contribution in [0.25, 0.3) is 0 Å². The molecule has 14 heavy (non-hydrogen) atoms. The molecule has 0 aromatic rings. The molecule has 76 valence electrons. The standard InChI is InChI=1S/C11H14BrNO/c1-3-13-8(2)9-4-5-10(12)7-11(14)6-9/h4-5,7,13H,3,6H2,1-2H3. The lowest BCUT2D eigenvalue weighted by Crippen LogP contribution is -2.12. The summed E-state index contributed by atoms with van der Waals surface area (Å²) in [5.74, 6) is 0.133. The summed E-state index contributed by atoms with van der Waals surface area (Å²) < 4.78 is 0.835. The number of halogens is 1. The van der Waals surface area contributed by atoms with Gasteiger partial charge in [-0.05, 0) is 31.6 Å². The van der Waals surface area contributed by atoms with E-state index >= 15 is 0 Å². The first-order chi connectivity index (χ1) is 6.63. The summed E-state index contributed by atoms with van der Waals surface area (Å²) >= 11 is 3.30. The number of carbonyl (C=O) groups excluding carboxylic acids is 1. The van der Waals surface area contributed by atoms with Gasteiger partial charge in [0.05, 0.1) is 0 Å². The number of allylic oxidation sites excluding steroid dienone is 6. The molecule has 0 saturated heterocycles. The van der Waals surface area contributed by atoms with Crippen molar-refractivity contribution in [2.45, 2.75) is 20.3 Å². The highest BCUT2D eigenvalue weighted by Crippen LogP contribution is 2.18. The van der Waals surface area contributed by atoms with Gasteiger partial charge < -0.3 is 5.32 Å². The average molecular weight is 256 g/mol. The van der Waals surface area contributed by atoms with E-state index in [4.69, 9.17) is 0 Å². The van der Waals surface area contributed by atoms with Gasteiger partial charge in [0.1, 0.15) is 0 Å². The molecular weight excluding hydrogens is 242 g/mol. The summed E-state index contributed by atoms with van der Waals surface area (Å²) in [6.07, 6.45) is 5.97. The fourth-order valence-electron chi connectivity index (χ4n) is 1.32. The van der Waals surface area contributed by atoms with Gasteiger partial charge >= 0.3 is 0 Å². The van der Waals surface area contributed by atoms with Crippen LogP contribution >= 0.6 is 15.9 Å². The Morgan fingerprint density at radius 1 is 1.57 bits per heavy atom. The number of rotatable bonds is 2. The van der Waals surface area contributed by atoms with Crippen molar-refractivity contribution < 1.29 is 4.79 Å². The van der Waals surface area contributed by atoms with Gasteiger partial charge in [0.25, 0.3) is 0 Å². The van der Waals surface area contributed by atoms with Crippen molar-refractivity contribution in [2.75, 3.05) is 6.54 Å². The molecule has 0 aromatic carbocycles. The van der Waals surface area contributed by atoms with Gasteiger partial charge in [-0.15, -0.1) is 0 Å². The third kappa shape index (κ3) is 3.14. The average Bonchev–Trinajstić information content (AvgIpc) is 2.27. The van der Waals surface area contributed by atoms with Gasteiger partial charge in [-0.25, -0.2) is 0 Å². The van der Waals surface area contributed by atoms with Gasteiger partial charge in [-0.2, -0.15) is 0 Å². The maximum atomic E-state index is 11.4. The lowest BCUT2D eigenvalue weighted by molar-refractivity contribution is -0.113. The maximum absolute atomic E-state index is 11.4. The molecule has 0 radical (unpaired) electrons. The van der Waals surface area contributed by atoms with Crippen LogP contribution in [0.5, 0.6) is 0 Å². The molecule has 2 nitrogen and oxygen atoms in total. The summed E-state index contributed by atoms with van der Waals surface area (Å²) in [7, 11) is 0. The third-order valence-electron chi connectivity index (χ3n) is 2.03. The Hall–Kier alpha value is -0.830. The van der Waals surface area contributed by atoms with E-state index in [1.807, 2.05) is 26.0 Å². The molecule has 0 heterocycles. The number of nitrogens with one attached hydrogen (secondary N) is 1. The Kier molecular flexibility index (Phi) is 4.14. The van der Waals surface area contributed by atoms with Gasteiger partial charge in [0, 0.05) is 23.1 Å². The summed E-state index contributed by atoms with van der Waals surface area (Å²) in [6, 6.07) is 0. The zero-order chi connectivity index (χ0) is 10.6. The van der Waals surface area contributed by atoms with Crippen LogP contribution < -0.4 is 5.32 Å². The first-order valence-corrected chi connectivity index (χ1v) is 5.44. The van der Waals surface area contributed by atoms with Crippen LogP contribution in [0.3, 0.4) is 0 Å². The molecule has 1 N–H and O–H groups in total. The minimum absolute atomic E-state index is 0.133. The SMILES string of the molecule is CCNC(C)=C1C=CC(Br)=CC(=O)C1. The fraction of sp³-hybridized carbons (Fsp3) is 0.364. The monoisotopic (exact) mass is 255 g/mol. The molecule has 0 spiro atoms. The quantitative estimate of drug-likeness (QED) is 0.823. The largest absolute Gasteiger partial charge is 0.389 e. The van der Waals surface area contributed by atoms with Gasteiger partial charge in [0.15, 0.2) is 5.78 Å². The molecule has 0 saturated carbocycles. The van der Waals surface area contributed by atoms with Crippen LogP contribution in [0.4, 0.5) is 0 Å². The molecule has 0 atom stereocenters. The van der Waals surface area contributed by atoms with Crippen LogP contribution in [-0.2, 0) is 4.79 Å². The van der Waals surface area contributed by atoms with Gasteiger partial charge in [-0.1, -0.05) is 22.0 Å². The lowest BCUT2D eigenvalue weighted by Gasteiger charge is -2.07. The van der Waals surface area contributed by atoms with Crippen molar-refractivity contribution in [1.82, 2.24) is 5.32 Å². The molecule has 1 aliphatic carbocycles. The second kappa shape index (κ2) is 5.15. The summed E-state index contributed by atoms with van der Waals surface area (Å²) in [5.41, 5.74) is 2.13. The molecule has 0 aromatic heterocycles. The maximum Gasteiger partial charge on any atom is 0.161 e. The topological polar surface area (TPSA) is 29.1 Å². The number of hydrogen-bond acceptors (Lipinski definition) is 2. The van der Waals surface area contributed by atoms with E-state index in [1.165, 1.54) is 0 Å². The smallest absolute Gasteiger partial charge is 0.161 e. The summed E-state index contributed by atoms with van der Waals surface area (Å²) in [6.45, 7) is 4.92. The Labute approximate surface area is 92.9 Å². The normalized spacial score (nSPS) is 20.2. The second-order valence-electron chi connectivity index (χ2n) is 3.19. The van der Waals surface area contributed by atoms with E-state index in [0.29, 0.717) is 6.42 Å². The number of hydrogen-bond donors (Lipinski definition) is 1. The third-order valence-corrected chi connectivity index (χ3v) is 2.52. The van der Waals surface area contributed by atoms with E-state index in [1.54, 1.807) is 6.08 Å². The predicted molar refractivity (Wildman–Crippen MR) is 62.2 cm³/mol. The van der Waals surface area contributed by atoms with E-state index < -0.39 is 0 Å². The van der Waals surface area contributed by atoms with Crippen molar-refractivity contribution in [1.29, 1.82) is 0 Å². The Bertz CT molecular complexity index is 326. The van der Waals surface area contributed by atoms with E-state index in [9.17, 15) is 4.79 Å². The number of carbonyl (C=O) groups is 1. The van der Waals surface area contributed by atoms with E-state index in [-0.39, 0.29) is 5.78 Å². The van der Waals surface area contributed by atoms with Crippen molar-refractivity contribution >= 4 is 21.7 Å². The molecule has 1 rings (SSSR count). The lowest BCUT2D eigenvalue weighted by atomic mass is 10.1. The highest BCUT2D eigenvalue weighted by atomic mass is 79.9. The zero-order valence-electron chi connectivity index (χ0n) is 8.43. The summed E-state index contributed by atoms with van der Waals surface area (Å²) in [5, 5.41) is 3.22. The van der Waals surface area contributed by atoms with Crippen molar-refractivity contribution in [3.05, 3.63) is 34.0 Å². The Morgan fingerprint density at radius 2 is 2.29 bits per heavy atom. The van der Waals surface area contributed by atoms with Crippen LogP contribution in [0.1, 0.15) is 20.3 Å². The molecule has 0 amide bonds. The van der Waals surface area contributed by atoms with Crippen LogP contribution in [0, 0.1) is 0 Å². The van der Waals surface area contributed by atoms with Crippen molar-refractivity contribution in [3.63, 3.8) is 0 Å². The molecule has 0 bridgehead atoms. The Morgan fingerprint density at radius 3 is 2.93 bits per heavy atom. The molecule has 0 aliphatic heterocycles. The molecule has 0 unspecified atom stereocenters. The minimum atomic E-state index is 0.133. The molecule has 3 heteroatoms. The van der Waals surface area contributed by atoms with Gasteiger partial charge in [-0.3, -0.25) is 4.79 Å². The highest BCUT2D eigenvalue weighted by molar-refractivity contribution is 9.11. The van der Waals surface area contributed by atoms with Crippen molar-refractivity contribution in [3.8, 4) is 0 Å². The summed E-state index contributed by atoms with van der Waals surface area (Å²) in [4.78, 5) is 11.4. The zero-order valence-corrected chi connectivity index (χ0v) is 10.0. The highest BCUT2D eigenvalue weighted by Gasteiger charge is 2.08. The van der Waals surface area contributed by atoms with E-state index in [0.717, 1.165) is 22.3 Å². The first kappa shape index (κ1) is 11.2. The number of ketones is 1. The fourth-order valence-corrected chi connectivity index (χ4v) is 1.70. The van der Waals surface area contributed by atoms with Crippen LogP contribution in [-0.4, -0.2) is 12.3 Å². The molecule has 1 aliphatic rings.